The third kappa shape index (κ3) is 2.13. The summed E-state index contributed by atoms with van der Waals surface area (Å²) in [6, 6.07) is 9.84. The minimum absolute atomic E-state index is 0.110. The van der Waals surface area contributed by atoms with Gasteiger partial charge in [0.15, 0.2) is 0 Å². The van der Waals surface area contributed by atoms with Gasteiger partial charge in [0, 0.05) is 0 Å². The Kier molecular flexibility index (Phi) is 2.84. The molecule has 1 aliphatic rings. The molecule has 0 spiro atoms. The van der Waals surface area contributed by atoms with Crippen LogP contribution >= 0.6 is 24.0 Å². The number of rotatable bonds is 2. The van der Waals surface area contributed by atoms with E-state index in [0.29, 0.717) is 6.42 Å². The first-order valence-corrected chi connectivity index (χ1v) is 5.60. The number of thiocarbonyl (C=S) groups is 1. The first-order chi connectivity index (χ1) is 6.75. The standard InChI is InChI=1S/C10H9NOS2/c12-8-6-9(11-8)14-10(13)7-4-2-1-3-5-7/h1-5,9H,6H2,(H,11,12). The lowest BCUT2D eigenvalue weighted by molar-refractivity contribution is -0.126. The predicted octanol–water partition coefficient (Wildman–Crippen LogP) is 1.94. The number of β-lactam (4-membered cyclic amide) rings is 1. The maximum Gasteiger partial charge on any atom is 0.223 e. The molecule has 0 aromatic heterocycles. The van der Waals surface area contributed by atoms with Gasteiger partial charge in [-0.15, -0.1) is 0 Å². The normalized spacial score (nSPS) is 19.7. The lowest BCUT2D eigenvalue weighted by Crippen LogP contribution is -2.46. The number of amides is 1. The van der Waals surface area contributed by atoms with Crippen LogP contribution in [0.3, 0.4) is 0 Å². The van der Waals surface area contributed by atoms with Crippen LogP contribution in [0.1, 0.15) is 12.0 Å². The Morgan fingerprint density at radius 1 is 1.43 bits per heavy atom. The van der Waals surface area contributed by atoms with Gasteiger partial charge in [-0.1, -0.05) is 54.3 Å². The van der Waals surface area contributed by atoms with Crippen molar-refractivity contribution < 1.29 is 4.79 Å². The summed E-state index contributed by atoms with van der Waals surface area (Å²) in [5, 5.41) is 2.96. The van der Waals surface area contributed by atoms with Crippen molar-refractivity contribution in [2.75, 3.05) is 0 Å². The molecule has 2 rings (SSSR count). The van der Waals surface area contributed by atoms with Gasteiger partial charge in [0.2, 0.25) is 5.91 Å². The smallest absolute Gasteiger partial charge is 0.223 e. The highest BCUT2D eigenvalue weighted by atomic mass is 32.2. The number of hydrogen-bond acceptors (Lipinski definition) is 3. The zero-order valence-electron chi connectivity index (χ0n) is 7.40. The molecule has 1 aromatic rings. The average Bonchev–Trinajstić information content (AvgIpc) is 2.17. The summed E-state index contributed by atoms with van der Waals surface area (Å²) in [6.07, 6.45) is 0.581. The molecule has 1 unspecified atom stereocenters. The Bertz CT molecular complexity index is 356. The Morgan fingerprint density at radius 3 is 2.64 bits per heavy atom. The van der Waals surface area contributed by atoms with Gasteiger partial charge in [0.05, 0.1) is 16.0 Å². The van der Waals surface area contributed by atoms with E-state index < -0.39 is 0 Å². The van der Waals surface area contributed by atoms with Crippen molar-refractivity contribution in [1.29, 1.82) is 0 Å². The maximum absolute atomic E-state index is 10.7. The zero-order chi connectivity index (χ0) is 9.97. The van der Waals surface area contributed by atoms with Gasteiger partial charge in [-0.05, 0) is 5.56 Å². The molecule has 2 nitrogen and oxygen atoms in total. The topological polar surface area (TPSA) is 29.1 Å². The molecule has 0 saturated carbocycles. The Morgan fingerprint density at radius 2 is 2.07 bits per heavy atom. The van der Waals surface area contributed by atoms with Crippen molar-refractivity contribution in [3.8, 4) is 0 Å². The third-order valence-corrected chi connectivity index (χ3v) is 3.49. The predicted molar refractivity (Wildman–Crippen MR) is 62.3 cm³/mol. The number of carbonyl (C=O) groups is 1. The summed E-state index contributed by atoms with van der Waals surface area (Å²) < 4.78 is 0.843. The van der Waals surface area contributed by atoms with E-state index in [9.17, 15) is 4.79 Å². The van der Waals surface area contributed by atoms with E-state index in [-0.39, 0.29) is 11.3 Å². The minimum Gasteiger partial charge on any atom is -0.343 e. The van der Waals surface area contributed by atoms with E-state index in [4.69, 9.17) is 12.2 Å². The van der Waals surface area contributed by atoms with Crippen molar-refractivity contribution in [3.05, 3.63) is 35.9 Å². The molecule has 1 aromatic carbocycles. The van der Waals surface area contributed by atoms with E-state index in [1.807, 2.05) is 30.3 Å². The second kappa shape index (κ2) is 4.11. The van der Waals surface area contributed by atoms with Crippen LogP contribution < -0.4 is 5.32 Å². The molecule has 0 bridgehead atoms. The van der Waals surface area contributed by atoms with Gasteiger partial charge in [0.25, 0.3) is 0 Å². The largest absolute Gasteiger partial charge is 0.343 e. The highest BCUT2D eigenvalue weighted by Gasteiger charge is 2.26. The van der Waals surface area contributed by atoms with E-state index in [0.717, 1.165) is 9.76 Å². The van der Waals surface area contributed by atoms with E-state index >= 15 is 0 Å². The number of benzene rings is 1. The van der Waals surface area contributed by atoms with Crippen LogP contribution in [0, 0.1) is 0 Å². The SMILES string of the molecule is O=C1CC(SC(=S)c2ccccc2)N1. The Hall–Kier alpha value is -0.870. The molecule has 1 atom stereocenters. The summed E-state index contributed by atoms with van der Waals surface area (Å²) in [5.41, 5.74) is 1.05. The first kappa shape index (κ1) is 9.68. The lowest BCUT2D eigenvalue weighted by Gasteiger charge is -2.26. The van der Waals surface area contributed by atoms with Crippen molar-refractivity contribution in [2.24, 2.45) is 0 Å². The molecule has 0 aliphatic carbocycles. The molecule has 1 heterocycles. The quantitative estimate of drug-likeness (QED) is 0.613. The van der Waals surface area contributed by atoms with Crippen LogP contribution in [0.2, 0.25) is 0 Å². The molecular weight excluding hydrogens is 214 g/mol. The van der Waals surface area contributed by atoms with Crippen molar-refractivity contribution >= 4 is 34.1 Å². The molecule has 1 aliphatic heterocycles. The zero-order valence-corrected chi connectivity index (χ0v) is 9.03. The summed E-state index contributed by atoms with van der Waals surface area (Å²) in [7, 11) is 0. The van der Waals surface area contributed by atoms with Crippen LogP contribution in [0.5, 0.6) is 0 Å². The number of hydrogen-bond donors (Lipinski definition) is 1. The van der Waals surface area contributed by atoms with Gasteiger partial charge in [0.1, 0.15) is 0 Å². The monoisotopic (exact) mass is 223 g/mol. The molecule has 72 valence electrons. The minimum atomic E-state index is 0.110. The number of carbonyl (C=O) groups excluding carboxylic acids is 1. The molecule has 1 fully saturated rings. The highest BCUT2D eigenvalue weighted by molar-refractivity contribution is 8.24. The fraction of sp³-hybridized carbons (Fsp3) is 0.200. The Balaban J connectivity index is 1.93. The average molecular weight is 223 g/mol. The first-order valence-electron chi connectivity index (χ1n) is 4.31. The number of nitrogens with one attached hydrogen (secondary N) is 1. The molecule has 1 saturated heterocycles. The van der Waals surface area contributed by atoms with Crippen molar-refractivity contribution in [3.63, 3.8) is 0 Å². The summed E-state index contributed by atoms with van der Waals surface area (Å²) in [4.78, 5) is 10.7. The van der Waals surface area contributed by atoms with Gasteiger partial charge in [-0.3, -0.25) is 4.79 Å². The van der Waals surface area contributed by atoms with E-state index in [1.165, 1.54) is 0 Å². The molecule has 1 amide bonds. The van der Waals surface area contributed by atoms with Crippen LogP contribution in [0.4, 0.5) is 0 Å². The lowest BCUT2D eigenvalue weighted by atomic mass is 10.2. The van der Waals surface area contributed by atoms with Gasteiger partial charge in [-0.25, -0.2) is 0 Å². The fourth-order valence-corrected chi connectivity index (χ4v) is 2.61. The highest BCUT2D eigenvalue weighted by Crippen LogP contribution is 2.24. The van der Waals surface area contributed by atoms with Crippen molar-refractivity contribution in [2.45, 2.75) is 11.8 Å². The Labute approximate surface area is 92.1 Å². The molecule has 1 N–H and O–H groups in total. The fourth-order valence-electron chi connectivity index (χ4n) is 1.17. The van der Waals surface area contributed by atoms with Crippen LogP contribution in [0.25, 0.3) is 0 Å². The van der Waals surface area contributed by atoms with Gasteiger partial charge >= 0.3 is 0 Å². The second-order valence-electron chi connectivity index (χ2n) is 3.03. The molecule has 0 radical (unpaired) electrons. The van der Waals surface area contributed by atoms with Crippen LogP contribution in [-0.2, 0) is 4.79 Å². The molecule has 4 heteroatoms. The summed E-state index contributed by atoms with van der Waals surface area (Å²) in [5.74, 6) is 0.110. The van der Waals surface area contributed by atoms with Gasteiger partial charge < -0.3 is 5.32 Å². The van der Waals surface area contributed by atoms with E-state index in [1.54, 1.807) is 11.8 Å². The summed E-state index contributed by atoms with van der Waals surface area (Å²) in [6.45, 7) is 0. The van der Waals surface area contributed by atoms with E-state index in [2.05, 4.69) is 5.32 Å². The van der Waals surface area contributed by atoms with Gasteiger partial charge in [-0.2, -0.15) is 0 Å². The van der Waals surface area contributed by atoms with Crippen LogP contribution in [0.15, 0.2) is 30.3 Å². The maximum atomic E-state index is 10.7. The molecular formula is C10H9NOS2. The second-order valence-corrected chi connectivity index (χ2v) is 4.91. The summed E-state index contributed by atoms with van der Waals surface area (Å²) >= 11 is 6.79. The molecule has 14 heavy (non-hydrogen) atoms. The van der Waals surface area contributed by atoms with Crippen molar-refractivity contribution in [1.82, 2.24) is 5.32 Å². The number of thioether (sulfide) groups is 1. The van der Waals surface area contributed by atoms with Crippen LogP contribution in [-0.4, -0.2) is 15.5 Å². The third-order valence-electron chi connectivity index (χ3n) is 1.95.